The summed E-state index contributed by atoms with van der Waals surface area (Å²) in [4.78, 5) is 0. The van der Waals surface area contributed by atoms with E-state index in [1.165, 1.54) is 0 Å². The third-order valence-corrected chi connectivity index (χ3v) is 1.93. The molecule has 0 unspecified atom stereocenters. The van der Waals surface area contributed by atoms with Crippen molar-refractivity contribution in [1.82, 2.24) is 0 Å². The Morgan fingerprint density at radius 3 is 2.40 bits per heavy atom. The van der Waals surface area contributed by atoms with E-state index in [0.29, 0.717) is 12.1 Å². The Kier molecular flexibility index (Phi) is 4.16. The number of rotatable bonds is 4. The number of hydrogen-bond acceptors (Lipinski definition) is 3. The minimum absolute atomic E-state index is 0.191. The topological polar surface area (TPSA) is 41.8 Å². The number of benzene rings is 1. The molecule has 0 radical (unpaired) electrons. The SMILES string of the molecule is C/C(Cc1ccc(OC(C)C)cc1)=N\O. The van der Waals surface area contributed by atoms with Crippen LogP contribution in [0.4, 0.5) is 0 Å². The lowest BCUT2D eigenvalue weighted by molar-refractivity contribution is 0.242. The largest absolute Gasteiger partial charge is 0.491 e. The van der Waals surface area contributed by atoms with Crippen LogP contribution in [0.3, 0.4) is 0 Å². The maximum absolute atomic E-state index is 8.53. The van der Waals surface area contributed by atoms with Gasteiger partial charge in [-0.1, -0.05) is 17.3 Å². The summed E-state index contributed by atoms with van der Waals surface area (Å²) in [5.74, 6) is 0.868. The molecular formula is C12H17NO2. The van der Waals surface area contributed by atoms with E-state index < -0.39 is 0 Å². The van der Waals surface area contributed by atoms with Crippen molar-refractivity contribution in [3.8, 4) is 5.75 Å². The molecule has 0 bridgehead atoms. The van der Waals surface area contributed by atoms with E-state index >= 15 is 0 Å². The number of ether oxygens (including phenoxy) is 1. The Morgan fingerprint density at radius 2 is 1.93 bits per heavy atom. The molecule has 1 aromatic carbocycles. The molecule has 0 amide bonds. The van der Waals surface area contributed by atoms with Crippen LogP contribution in [0.2, 0.25) is 0 Å². The fraction of sp³-hybridized carbons (Fsp3) is 0.417. The van der Waals surface area contributed by atoms with Gasteiger partial charge in [-0.2, -0.15) is 0 Å². The van der Waals surface area contributed by atoms with Crippen LogP contribution in [0.15, 0.2) is 29.4 Å². The van der Waals surface area contributed by atoms with Crippen LogP contribution in [-0.4, -0.2) is 17.0 Å². The molecule has 0 heterocycles. The van der Waals surface area contributed by atoms with Crippen molar-refractivity contribution >= 4 is 5.71 Å². The fourth-order valence-corrected chi connectivity index (χ4v) is 1.29. The van der Waals surface area contributed by atoms with Gasteiger partial charge >= 0.3 is 0 Å². The first kappa shape index (κ1) is 11.6. The molecule has 0 aliphatic carbocycles. The molecule has 0 saturated heterocycles. The predicted molar refractivity (Wildman–Crippen MR) is 60.8 cm³/mol. The molecule has 0 spiro atoms. The van der Waals surface area contributed by atoms with E-state index in [0.717, 1.165) is 11.3 Å². The Balaban J connectivity index is 2.64. The van der Waals surface area contributed by atoms with Crippen molar-refractivity contribution in [3.05, 3.63) is 29.8 Å². The number of oxime groups is 1. The van der Waals surface area contributed by atoms with Gasteiger partial charge in [0.2, 0.25) is 0 Å². The maximum Gasteiger partial charge on any atom is 0.119 e. The molecular weight excluding hydrogens is 190 g/mol. The molecule has 1 rings (SSSR count). The second-order valence-electron chi connectivity index (χ2n) is 3.82. The molecule has 1 aromatic rings. The zero-order valence-corrected chi connectivity index (χ0v) is 9.40. The highest BCUT2D eigenvalue weighted by molar-refractivity contribution is 5.83. The summed E-state index contributed by atoms with van der Waals surface area (Å²) in [6.45, 7) is 5.78. The minimum atomic E-state index is 0.191. The van der Waals surface area contributed by atoms with E-state index in [1.54, 1.807) is 6.92 Å². The molecule has 3 nitrogen and oxygen atoms in total. The summed E-state index contributed by atoms with van der Waals surface area (Å²) in [6.07, 6.45) is 0.856. The van der Waals surface area contributed by atoms with Gasteiger partial charge < -0.3 is 9.94 Å². The van der Waals surface area contributed by atoms with E-state index in [9.17, 15) is 0 Å². The lowest BCUT2D eigenvalue weighted by Crippen LogP contribution is -2.05. The van der Waals surface area contributed by atoms with Crippen molar-refractivity contribution in [3.63, 3.8) is 0 Å². The highest BCUT2D eigenvalue weighted by atomic mass is 16.5. The molecule has 0 aliphatic rings. The first-order chi connectivity index (χ1) is 7.11. The Labute approximate surface area is 90.4 Å². The number of hydrogen-bond donors (Lipinski definition) is 1. The average molecular weight is 207 g/mol. The normalized spacial score (nSPS) is 11.9. The quantitative estimate of drug-likeness (QED) is 0.468. The van der Waals surface area contributed by atoms with Gasteiger partial charge in [0.15, 0.2) is 0 Å². The van der Waals surface area contributed by atoms with Crippen molar-refractivity contribution in [1.29, 1.82) is 0 Å². The van der Waals surface area contributed by atoms with Gasteiger partial charge in [-0.05, 0) is 38.5 Å². The van der Waals surface area contributed by atoms with Gasteiger partial charge in [-0.3, -0.25) is 0 Å². The molecule has 1 N–H and O–H groups in total. The maximum atomic E-state index is 8.53. The van der Waals surface area contributed by atoms with Gasteiger partial charge in [-0.25, -0.2) is 0 Å². The first-order valence-corrected chi connectivity index (χ1v) is 5.05. The molecule has 0 saturated carbocycles. The van der Waals surface area contributed by atoms with Crippen molar-refractivity contribution in [2.24, 2.45) is 5.16 Å². The second-order valence-corrected chi connectivity index (χ2v) is 3.82. The highest BCUT2D eigenvalue weighted by Crippen LogP contribution is 2.14. The monoisotopic (exact) mass is 207 g/mol. The van der Waals surface area contributed by atoms with Crippen molar-refractivity contribution < 1.29 is 9.94 Å². The smallest absolute Gasteiger partial charge is 0.119 e. The van der Waals surface area contributed by atoms with E-state index in [-0.39, 0.29) is 6.10 Å². The van der Waals surface area contributed by atoms with Crippen LogP contribution in [0.1, 0.15) is 26.3 Å². The van der Waals surface area contributed by atoms with Crippen molar-refractivity contribution in [2.45, 2.75) is 33.3 Å². The van der Waals surface area contributed by atoms with Gasteiger partial charge in [0.05, 0.1) is 11.8 Å². The number of nitrogens with zero attached hydrogens (tertiary/aromatic N) is 1. The van der Waals surface area contributed by atoms with Crippen LogP contribution in [-0.2, 0) is 6.42 Å². The zero-order chi connectivity index (χ0) is 11.3. The van der Waals surface area contributed by atoms with E-state index in [4.69, 9.17) is 9.94 Å². The Morgan fingerprint density at radius 1 is 1.33 bits per heavy atom. The van der Waals surface area contributed by atoms with Gasteiger partial charge in [0.1, 0.15) is 5.75 Å². The van der Waals surface area contributed by atoms with Crippen LogP contribution in [0.25, 0.3) is 0 Å². The summed E-state index contributed by atoms with van der Waals surface area (Å²) < 4.78 is 5.52. The summed E-state index contributed by atoms with van der Waals surface area (Å²) in [7, 11) is 0. The minimum Gasteiger partial charge on any atom is -0.491 e. The van der Waals surface area contributed by atoms with Crippen LogP contribution >= 0.6 is 0 Å². The summed E-state index contributed by atoms with van der Waals surface area (Å²) in [5, 5.41) is 11.7. The third kappa shape index (κ3) is 4.02. The van der Waals surface area contributed by atoms with Crippen molar-refractivity contribution in [2.75, 3.05) is 0 Å². The molecule has 0 aromatic heterocycles. The lowest BCUT2D eigenvalue weighted by atomic mass is 10.1. The van der Waals surface area contributed by atoms with E-state index in [2.05, 4.69) is 5.16 Å². The van der Waals surface area contributed by atoms with Crippen LogP contribution < -0.4 is 4.74 Å². The lowest BCUT2D eigenvalue weighted by Gasteiger charge is -2.09. The van der Waals surface area contributed by atoms with Crippen LogP contribution in [0, 0.1) is 0 Å². The molecule has 0 atom stereocenters. The van der Waals surface area contributed by atoms with E-state index in [1.807, 2.05) is 38.1 Å². The molecule has 3 heteroatoms. The Hall–Kier alpha value is -1.51. The summed E-state index contributed by atoms with van der Waals surface area (Å²) in [5.41, 5.74) is 1.81. The summed E-state index contributed by atoms with van der Waals surface area (Å²) >= 11 is 0. The summed E-state index contributed by atoms with van der Waals surface area (Å²) in [6, 6.07) is 7.82. The van der Waals surface area contributed by atoms with Gasteiger partial charge in [-0.15, -0.1) is 0 Å². The van der Waals surface area contributed by atoms with Gasteiger partial charge in [0.25, 0.3) is 0 Å². The molecule has 15 heavy (non-hydrogen) atoms. The Bertz CT molecular complexity index is 328. The fourth-order valence-electron chi connectivity index (χ4n) is 1.29. The molecule has 0 aliphatic heterocycles. The molecule has 0 fully saturated rings. The standard InChI is InChI=1S/C12H17NO2/c1-9(2)15-12-6-4-11(5-7-12)8-10(3)13-14/h4-7,9,14H,8H2,1-3H3/b13-10+. The predicted octanol–water partition coefficient (Wildman–Crippen LogP) is 2.87. The zero-order valence-electron chi connectivity index (χ0n) is 9.40. The van der Waals surface area contributed by atoms with Crippen LogP contribution in [0.5, 0.6) is 5.75 Å². The second kappa shape index (κ2) is 5.39. The molecule has 82 valence electrons. The third-order valence-electron chi connectivity index (χ3n) is 1.93. The average Bonchev–Trinajstić information content (AvgIpc) is 2.20. The first-order valence-electron chi connectivity index (χ1n) is 5.05. The van der Waals surface area contributed by atoms with Gasteiger partial charge in [0, 0.05) is 6.42 Å². The highest BCUT2D eigenvalue weighted by Gasteiger charge is 1.99.